The first-order valence-electron chi connectivity index (χ1n) is 6.16. The number of hydrogen-bond donors (Lipinski definition) is 1. The fourth-order valence-corrected chi connectivity index (χ4v) is 2.94. The van der Waals surface area contributed by atoms with Crippen molar-refractivity contribution in [2.75, 3.05) is 11.8 Å². The number of nitrogens with zero attached hydrogens (tertiary/aromatic N) is 1. The molecule has 0 amide bonds. The molecule has 2 rings (SSSR count). The molecule has 0 atom stereocenters. The van der Waals surface area contributed by atoms with Crippen molar-refractivity contribution in [3.8, 4) is 5.75 Å². The number of nitrogens with one attached hydrogen (secondary N) is 1. The van der Waals surface area contributed by atoms with Crippen LogP contribution in [0.2, 0.25) is 0 Å². The van der Waals surface area contributed by atoms with Crippen LogP contribution in [0, 0.1) is 12.7 Å². The van der Waals surface area contributed by atoms with Crippen LogP contribution in [-0.2, 0) is 15.8 Å². The lowest BCUT2D eigenvalue weighted by molar-refractivity contribution is 0.415. The van der Waals surface area contributed by atoms with Crippen molar-refractivity contribution in [2.24, 2.45) is 0 Å². The van der Waals surface area contributed by atoms with Gasteiger partial charge in [0.1, 0.15) is 5.82 Å². The number of methoxy groups -OCH3 is 1. The van der Waals surface area contributed by atoms with Gasteiger partial charge in [-0.25, -0.2) is 17.8 Å². The molecule has 0 fully saturated rings. The lowest BCUT2D eigenvalue weighted by Crippen LogP contribution is -2.17. The summed E-state index contributed by atoms with van der Waals surface area (Å²) in [5.74, 6) is -0.380. The van der Waals surface area contributed by atoms with Crippen LogP contribution in [0.1, 0.15) is 11.3 Å². The minimum absolute atomic E-state index is 0.119. The summed E-state index contributed by atoms with van der Waals surface area (Å²) < 4.78 is 44.8. The quantitative estimate of drug-likeness (QED) is 0.921. The highest BCUT2D eigenvalue weighted by atomic mass is 32.2. The molecule has 1 aromatic carbocycles. The molecule has 0 radical (unpaired) electrons. The van der Waals surface area contributed by atoms with Gasteiger partial charge in [-0.15, -0.1) is 0 Å². The molecule has 0 aliphatic rings. The first-order valence-corrected chi connectivity index (χ1v) is 7.81. The van der Waals surface area contributed by atoms with Gasteiger partial charge in [0.2, 0.25) is 10.0 Å². The molecule has 0 spiro atoms. The number of rotatable bonds is 5. The van der Waals surface area contributed by atoms with Gasteiger partial charge in [-0.1, -0.05) is 12.1 Å². The normalized spacial score (nSPS) is 11.2. The molecule has 0 unspecified atom stereocenters. The average molecular weight is 310 g/mol. The van der Waals surface area contributed by atoms with Gasteiger partial charge in [-0.2, -0.15) is 0 Å². The molecule has 1 aromatic heterocycles. The van der Waals surface area contributed by atoms with Crippen LogP contribution in [-0.4, -0.2) is 20.5 Å². The van der Waals surface area contributed by atoms with Crippen molar-refractivity contribution >= 4 is 15.8 Å². The maximum absolute atomic E-state index is 13.1. The Balaban J connectivity index is 2.23. The van der Waals surface area contributed by atoms with E-state index in [1.807, 2.05) is 0 Å². The van der Waals surface area contributed by atoms with Crippen LogP contribution in [0.3, 0.4) is 0 Å². The summed E-state index contributed by atoms with van der Waals surface area (Å²) in [6.45, 7) is 1.74. The number of hydrogen-bond acceptors (Lipinski definition) is 4. The number of sulfonamides is 1. The lowest BCUT2D eigenvalue weighted by atomic mass is 10.2. The predicted octanol–water partition coefficient (Wildman–Crippen LogP) is 2.48. The third kappa shape index (κ3) is 4.16. The molecular formula is C14H15FN2O3S. The van der Waals surface area contributed by atoms with Gasteiger partial charge < -0.3 is 4.74 Å². The molecule has 0 saturated carbocycles. The van der Waals surface area contributed by atoms with Crippen molar-refractivity contribution < 1.29 is 17.5 Å². The van der Waals surface area contributed by atoms with E-state index in [0.29, 0.717) is 17.0 Å². The van der Waals surface area contributed by atoms with E-state index < -0.39 is 15.8 Å². The van der Waals surface area contributed by atoms with Crippen molar-refractivity contribution in [3.63, 3.8) is 0 Å². The third-order valence-electron chi connectivity index (χ3n) is 2.72. The van der Waals surface area contributed by atoms with Crippen LogP contribution in [0.15, 0.2) is 36.4 Å². The molecule has 7 heteroatoms. The minimum Gasteiger partial charge on any atom is -0.493 e. The van der Waals surface area contributed by atoms with Gasteiger partial charge in [-0.3, -0.25) is 4.72 Å². The van der Waals surface area contributed by atoms with Crippen molar-refractivity contribution in [2.45, 2.75) is 12.7 Å². The zero-order chi connectivity index (χ0) is 15.5. The Hall–Kier alpha value is -2.15. The van der Waals surface area contributed by atoms with Gasteiger partial charge >= 0.3 is 0 Å². The number of halogens is 1. The highest BCUT2D eigenvalue weighted by Gasteiger charge is 2.16. The summed E-state index contributed by atoms with van der Waals surface area (Å²) in [4.78, 5) is 4.10. The smallest absolute Gasteiger partial charge is 0.238 e. The Morgan fingerprint density at radius 2 is 2.05 bits per heavy atom. The SMILES string of the molecule is COc1ccc(C)nc1NS(=O)(=O)Cc1cccc(F)c1. The molecule has 0 bridgehead atoms. The molecule has 0 aliphatic carbocycles. The van der Waals surface area contributed by atoms with Gasteiger partial charge in [0.25, 0.3) is 0 Å². The molecule has 2 aromatic rings. The number of benzene rings is 1. The van der Waals surface area contributed by atoms with E-state index in [-0.39, 0.29) is 11.6 Å². The van der Waals surface area contributed by atoms with Crippen molar-refractivity contribution in [3.05, 3.63) is 53.5 Å². The summed E-state index contributed by atoms with van der Waals surface area (Å²) >= 11 is 0. The van der Waals surface area contributed by atoms with E-state index >= 15 is 0 Å². The van der Waals surface area contributed by atoms with Gasteiger partial charge in [0, 0.05) is 5.69 Å². The zero-order valence-corrected chi connectivity index (χ0v) is 12.4. The topological polar surface area (TPSA) is 68.3 Å². The van der Waals surface area contributed by atoms with Crippen LogP contribution >= 0.6 is 0 Å². The number of anilines is 1. The molecule has 5 nitrogen and oxygen atoms in total. The van der Waals surface area contributed by atoms with E-state index in [9.17, 15) is 12.8 Å². The number of ether oxygens (including phenoxy) is 1. The number of aromatic nitrogens is 1. The summed E-state index contributed by atoms with van der Waals surface area (Å²) in [6, 6.07) is 8.79. The van der Waals surface area contributed by atoms with Crippen LogP contribution in [0.25, 0.3) is 0 Å². The summed E-state index contributed by atoms with van der Waals surface area (Å²) in [7, 11) is -2.29. The molecule has 1 N–H and O–H groups in total. The average Bonchev–Trinajstić information content (AvgIpc) is 2.37. The molecule has 0 aliphatic heterocycles. The fourth-order valence-electron chi connectivity index (χ4n) is 1.81. The first kappa shape index (κ1) is 15.2. The third-order valence-corrected chi connectivity index (χ3v) is 3.93. The van der Waals surface area contributed by atoms with Crippen LogP contribution < -0.4 is 9.46 Å². The monoisotopic (exact) mass is 310 g/mol. The summed E-state index contributed by atoms with van der Waals surface area (Å²) in [6.07, 6.45) is 0. The van der Waals surface area contributed by atoms with Gasteiger partial charge in [0.05, 0.1) is 12.9 Å². The molecule has 112 valence electrons. The van der Waals surface area contributed by atoms with Gasteiger partial charge in [0.15, 0.2) is 11.6 Å². The largest absolute Gasteiger partial charge is 0.493 e. The second-order valence-corrected chi connectivity index (χ2v) is 6.22. The Kier molecular flexibility index (Phi) is 4.42. The summed E-state index contributed by atoms with van der Waals surface area (Å²) in [5, 5.41) is 0. The van der Waals surface area contributed by atoms with Crippen LogP contribution in [0.5, 0.6) is 5.75 Å². The van der Waals surface area contributed by atoms with E-state index in [1.165, 1.54) is 25.3 Å². The van der Waals surface area contributed by atoms with E-state index in [0.717, 1.165) is 0 Å². The van der Waals surface area contributed by atoms with Crippen LogP contribution in [0.4, 0.5) is 10.2 Å². The fraction of sp³-hybridized carbons (Fsp3) is 0.214. The molecule has 0 saturated heterocycles. The van der Waals surface area contributed by atoms with Crippen molar-refractivity contribution in [1.82, 2.24) is 4.98 Å². The lowest BCUT2D eigenvalue weighted by Gasteiger charge is -2.11. The second kappa shape index (κ2) is 6.09. The molecule has 1 heterocycles. The maximum Gasteiger partial charge on any atom is 0.238 e. The Bertz CT molecular complexity index is 748. The number of aryl methyl sites for hydroxylation is 1. The zero-order valence-electron chi connectivity index (χ0n) is 11.6. The van der Waals surface area contributed by atoms with Gasteiger partial charge in [-0.05, 0) is 36.8 Å². The standard InChI is InChI=1S/C14H15FN2O3S/c1-10-6-7-13(20-2)14(16-10)17-21(18,19)9-11-4-3-5-12(15)8-11/h3-8H,9H2,1-2H3,(H,16,17). The van der Waals surface area contributed by atoms with E-state index in [1.54, 1.807) is 25.1 Å². The predicted molar refractivity (Wildman–Crippen MR) is 78.2 cm³/mol. The highest BCUT2D eigenvalue weighted by molar-refractivity contribution is 7.91. The minimum atomic E-state index is -3.71. The van der Waals surface area contributed by atoms with Crippen molar-refractivity contribution in [1.29, 1.82) is 0 Å². The number of pyridine rings is 1. The molecular weight excluding hydrogens is 295 g/mol. The molecule has 21 heavy (non-hydrogen) atoms. The maximum atomic E-state index is 13.1. The Morgan fingerprint density at radius 3 is 2.71 bits per heavy atom. The highest BCUT2D eigenvalue weighted by Crippen LogP contribution is 2.23. The van der Waals surface area contributed by atoms with E-state index in [4.69, 9.17) is 4.74 Å². The Labute approximate surface area is 122 Å². The second-order valence-electron chi connectivity index (χ2n) is 4.49. The Morgan fingerprint density at radius 1 is 1.29 bits per heavy atom. The van der Waals surface area contributed by atoms with E-state index in [2.05, 4.69) is 9.71 Å². The summed E-state index contributed by atoms with van der Waals surface area (Å²) in [5.41, 5.74) is 1.01. The first-order chi connectivity index (χ1) is 9.89.